The predicted molar refractivity (Wildman–Crippen MR) is 105 cm³/mol. The van der Waals surface area contributed by atoms with E-state index < -0.39 is 23.5 Å². The van der Waals surface area contributed by atoms with E-state index in [2.05, 4.69) is 29.3 Å². The van der Waals surface area contributed by atoms with Crippen LogP contribution in [0.15, 0.2) is 48.5 Å². The van der Waals surface area contributed by atoms with E-state index in [1.165, 1.54) is 0 Å². The largest absolute Gasteiger partial charge is 0.480 e. The molecule has 142 valence electrons. The quantitative estimate of drug-likeness (QED) is 0.780. The lowest BCUT2D eigenvalue weighted by Gasteiger charge is -2.21. The average Bonchev–Trinajstić information content (AvgIpc) is 3.40. The third-order valence-corrected chi connectivity index (χ3v) is 5.57. The molecule has 0 spiro atoms. The van der Waals surface area contributed by atoms with Gasteiger partial charge in [-0.1, -0.05) is 54.5 Å². The molecule has 28 heavy (non-hydrogen) atoms. The van der Waals surface area contributed by atoms with Gasteiger partial charge < -0.3 is 15.2 Å². The second-order valence-corrected chi connectivity index (χ2v) is 7.27. The molecular formula is C23H21NO4. The van der Waals surface area contributed by atoms with Crippen LogP contribution in [0, 0.1) is 17.3 Å². The fraction of sp³-hybridized carbons (Fsp3) is 0.304. The smallest absolute Gasteiger partial charge is 0.407 e. The molecule has 0 heterocycles. The third-order valence-electron chi connectivity index (χ3n) is 5.57. The zero-order valence-corrected chi connectivity index (χ0v) is 15.6. The molecule has 0 radical (unpaired) electrons. The van der Waals surface area contributed by atoms with Gasteiger partial charge in [-0.25, -0.2) is 9.59 Å². The first kappa shape index (κ1) is 18.1. The molecule has 2 aliphatic carbocycles. The molecule has 0 aliphatic heterocycles. The second kappa shape index (κ2) is 7.05. The molecule has 0 saturated heterocycles. The average molecular weight is 375 g/mol. The summed E-state index contributed by atoms with van der Waals surface area (Å²) in [6.07, 6.45) is 0.599. The number of carbonyl (C=O) groups is 2. The zero-order chi connectivity index (χ0) is 19.7. The van der Waals surface area contributed by atoms with E-state index in [0.29, 0.717) is 12.8 Å². The van der Waals surface area contributed by atoms with Gasteiger partial charge in [0, 0.05) is 5.92 Å². The van der Waals surface area contributed by atoms with Gasteiger partial charge in [-0.3, -0.25) is 0 Å². The van der Waals surface area contributed by atoms with E-state index in [4.69, 9.17) is 4.74 Å². The van der Waals surface area contributed by atoms with Crippen LogP contribution in [0.2, 0.25) is 0 Å². The number of fused-ring (bicyclic) bond motifs is 3. The third kappa shape index (κ3) is 3.11. The van der Waals surface area contributed by atoms with Gasteiger partial charge in [0.1, 0.15) is 12.6 Å². The van der Waals surface area contributed by atoms with Crippen molar-refractivity contribution in [3.63, 3.8) is 0 Å². The van der Waals surface area contributed by atoms with Gasteiger partial charge in [-0.05, 0) is 42.0 Å². The number of carboxylic acids is 1. The molecule has 2 aromatic rings. The first-order chi connectivity index (χ1) is 13.6. The number of amides is 1. The molecular weight excluding hydrogens is 354 g/mol. The molecule has 2 aliphatic rings. The van der Waals surface area contributed by atoms with E-state index >= 15 is 0 Å². The van der Waals surface area contributed by atoms with Crippen molar-refractivity contribution in [3.8, 4) is 23.0 Å². The molecule has 1 fully saturated rings. The van der Waals surface area contributed by atoms with Gasteiger partial charge in [0.05, 0.1) is 5.41 Å². The maximum Gasteiger partial charge on any atom is 0.407 e. The van der Waals surface area contributed by atoms with Gasteiger partial charge >= 0.3 is 12.1 Å². The Labute approximate surface area is 163 Å². The Bertz CT molecular complexity index is 951. The maximum atomic E-state index is 12.4. The van der Waals surface area contributed by atoms with Crippen molar-refractivity contribution in [1.82, 2.24) is 5.32 Å². The Balaban J connectivity index is 1.48. The van der Waals surface area contributed by atoms with Crippen molar-refractivity contribution in [3.05, 3.63) is 59.7 Å². The van der Waals surface area contributed by atoms with Crippen molar-refractivity contribution in [2.45, 2.75) is 31.7 Å². The predicted octanol–water partition coefficient (Wildman–Crippen LogP) is 3.78. The minimum absolute atomic E-state index is 0.0632. The molecule has 4 rings (SSSR count). The lowest BCUT2D eigenvalue weighted by molar-refractivity contribution is -0.140. The summed E-state index contributed by atoms with van der Waals surface area (Å²) >= 11 is 0. The monoisotopic (exact) mass is 375 g/mol. The number of carboxylic acid groups (broad SMARTS) is 1. The molecule has 5 nitrogen and oxygen atoms in total. The molecule has 0 bridgehead atoms. The number of hydrogen-bond donors (Lipinski definition) is 2. The van der Waals surface area contributed by atoms with Crippen LogP contribution in [0.25, 0.3) is 11.1 Å². The number of aliphatic carboxylic acids is 1. The van der Waals surface area contributed by atoms with Crippen LogP contribution in [0.3, 0.4) is 0 Å². The van der Waals surface area contributed by atoms with E-state index in [-0.39, 0.29) is 12.5 Å². The highest BCUT2D eigenvalue weighted by molar-refractivity contribution is 5.82. The number of hydrogen-bond acceptors (Lipinski definition) is 3. The van der Waals surface area contributed by atoms with Crippen molar-refractivity contribution >= 4 is 12.1 Å². The number of carbonyl (C=O) groups excluding carboxylic acids is 1. The summed E-state index contributed by atoms with van der Waals surface area (Å²) in [6, 6.07) is 15.1. The molecule has 5 heteroatoms. The van der Waals surface area contributed by atoms with Gasteiger partial charge in [0.2, 0.25) is 0 Å². The fourth-order valence-corrected chi connectivity index (χ4v) is 4.06. The summed E-state index contributed by atoms with van der Waals surface area (Å²) in [6.45, 7) is 1.82. The van der Waals surface area contributed by atoms with Gasteiger partial charge in [-0.2, -0.15) is 0 Å². The van der Waals surface area contributed by atoms with Gasteiger partial charge in [0.15, 0.2) is 0 Å². The second-order valence-electron chi connectivity index (χ2n) is 7.27. The fourth-order valence-electron chi connectivity index (χ4n) is 4.06. The summed E-state index contributed by atoms with van der Waals surface area (Å²) in [5, 5.41) is 12.0. The highest BCUT2D eigenvalue weighted by atomic mass is 16.5. The van der Waals surface area contributed by atoms with E-state index in [1.54, 1.807) is 6.92 Å². The van der Waals surface area contributed by atoms with Crippen LogP contribution in [0.1, 0.15) is 36.8 Å². The van der Waals surface area contributed by atoms with Gasteiger partial charge in [-0.15, -0.1) is 5.92 Å². The number of nitrogens with one attached hydrogen (secondary N) is 1. The molecule has 0 aromatic heterocycles. The highest BCUT2D eigenvalue weighted by Crippen LogP contribution is 2.48. The normalized spacial score (nSPS) is 16.8. The van der Waals surface area contributed by atoms with Crippen molar-refractivity contribution in [2.24, 2.45) is 5.41 Å². The first-order valence-corrected chi connectivity index (χ1v) is 9.34. The number of rotatable bonds is 5. The first-order valence-electron chi connectivity index (χ1n) is 9.34. The summed E-state index contributed by atoms with van der Waals surface area (Å²) < 4.78 is 5.46. The molecule has 1 atom stereocenters. The lowest BCUT2D eigenvalue weighted by atomic mass is 9.97. The number of alkyl carbamates (subject to hydrolysis) is 1. The topological polar surface area (TPSA) is 75.6 Å². The molecule has 1 saturated carbocycles. The maximum absolute atomic E-state index is 12.4. The minimum Gasteiger partial charge on any atom is -0.480 e. The summed E-state index contributed by atoms with van der Waals surface area (Å²) in [5.41, 5.74) is 3.84. The Hall–Kier alpha value is -3.26. The van der Waals surface area contributed by atoms with Crippen LogP contribution < -0.4 is 5.32 Å². The summed E-state index contributed by atoms with van der Waals surface area (Å²) in [5.74, 6) is 4.56. The zero-order valence-electron chi connectivity index (χ0n) is 15.6. The lowest BCUT2D eigenvalue weighted by Crippen LogP contribution is -2.47. The standard InChI is InChI=1S/C23H21NO4/c1-2-11-23(12-13-23)20(21(25)26)24-22(27)28-14-19-17-9-5-3-7-15(17)16-8-4-6-10-18(16)19/h3-10,19-20H,12-14H2,1H3,(H,24,27)(H,25,26)/t20-/m0/s1. The van der Waals surface area contributed by atoms with Gasteiger partial charge in [0.25, 0.3) is 0 Å². The molecule has 2 N–H and O–H groups in total. The minimum atomic E-state index is -1.09. The van der Waals surface area contributed by atoms with Crippen LogP contribution in [-0.2, 0) is 9.53 Å². The van der Waals surface area contributed by atoms with Crippen LogP contribution in [0.5, 0.6) is 0 Å². The Morgan fingerprint density at radius 2 is 1.71 bits per heavy atom. The van der Waals surface area contributed by atoms with Crippen molar-refractivity contribution in [1.29, 1.82) is 0 Å². The summed E-state index contributed by atoms with van der Waals surface area (Å²) in [7, 11) is 0. The van der Waals surface area contributed by atoms with E-state index in [1.807, 2.05) is 36.4 Å². The number of ether oxygens (including phenoxy) is 1. The Morgan fingerprint density at radius 1 is 1.14 bits per heavy atom. The molecule has 1 amide bonds. The number of benzene rings is 2. The SMILES string of the molecule is CC#CC1([C@@H](NC(=O)OCC2c3ccccc3-c3ccccc32)C(=O)O)CC1. The van der Waals surface area contributed by atoms with E-state index in [9.17, 15) is 14.7 Å². The summed E-state index contributed by atoms with van der Waals surface area (Å²) in [4.78, 5) is 24.0. The Morgan fingerprint density at radius 3 is 2.21 bits per heavy atom. The molecule has 2 aromatic carbocycles. The molecule has 0 unspecified atom stereocenters. The van der Waals surface area contributed by atoms with Crippen molar-refractivity contribution in [2.75, 3.05) is 6.61 Å². The van der Waals surface area contributed by atoms with Crippen LogP contribution in [0.4, 0.5) is 4.79 Å². The van der Waals surface area contributed by atoms with Crippen molar-refractivity contribution < 1.29 is 19.4 Å². The van der Waals surface area contributed by atoms with E-state index in [0.717, 1.165) is 22.3 Å². The Kier molecular flexibility index (Phi) is 4.56. The van der Waals surface area contributed by atoms with Crippen LogP contribution in [-0.4, -0.2) is 29.8 Å². The van der Waals surface area contributed by atoms with Crippen LogP contribution >= 0.6 is 0 Å². The highest BCUT2D eigenvalue weighted by Gasteiger charge is 2.53.